The third kappa shape index (κ3) is 4.36. The molecule has 0 amide bonds. The van der Waals surface area contributed by atoms with Crippen LogP contribution in [0.25, 0.3) is 0 Å². The molecule has 1 N–H and O–H groups in total. The van der Waals surface area contributed by atoms with Gasteiger partial charge in [0, 0.05) is 38.4 Å². The molecule has 1 aliphatic heterocycles. The van der Waals surface area contributed by atoms with Crippen LogP contribution in [0, 0.1) is 5.92 Å². The predicted octanol–water partition coefficient (Wildman–Crippen LogP) is 1.69. The molecule has 0 bridgehead atoms. The van der Waals surface area contributed by atoms with Crippen molar-refractivity contribution in [3.63, 3.8) is 0 Å². The highest BCUT2D eigenvalue weighted by atomic mass is 15.5. The van der Waals surface area contributed by atoms with Gasteiger partial charge in [-0.05, 0) is 31.4 Å². The fourth-order valence-electron chi connectivity index (χ4n) is 3.20. The summed E-state index contributed by atoms with van der Waals surface area (Å²) in [7, 11) is 0. The highest BCUT2D eigenvalue weighted by molar-refractivity contribution is 5.03. The van der Waals surface area contributed by atoms with Crippen molar-refractivity contribution < 1.29 is 0 Å². The molecule has 0 saturated carbocycles. The summed E-state index contributed by atoms with van der Waals surface area (Å²) in [5.74, 6) is 0.619. The summed E-state index contributed by atoms with van der Waals surface area (Å²) < 4.78 is 0. The number of hydrogen-bond acceptors (Lipinski definition) is 5. The molecule has 1 fully saturated rings. The lowest BCUT2D eigenvalue weighted by Gasteiger charge is -2.37. The molecular weight excluding hydrogens is 288 g/mol. The molecule has 0 aliphatic carbocycles. The minimum Gasteiger partial charge on any atom is -0.308 e. The van der Waals surface area contributed by atoms with Gasteiger partial charge in [-0.25, -0.2) is 0 Å². The van der Waals surface area contributed by atoms with E-state index in [1.54, 1.807) is 4.80 Å². The van der Waals surface area contributed by atoms with Crippen LogP contribution in [0.1, 0.15) is 31.7 Å². The second kappa shape index (κ2) is 7.66. The van der Waals surface area contributed by atoms with Gasteiger partial charge >= 0.3 is 0 Å². The highest BCUT2D eigenvalue weighted by Gasteiger charge is 2.25. The summed E-state index contributed by atoms with van der Waals surface area (Å²) in [5, 5.41) is 12.3. The Labute approximate surface area is 137 Å². The van der Waals surface area contributed by atoms with E-state index in [0.29, 0.717) is 12.0 Å². The number of aromatic nitrogens is 4. The summed E-state index contributed by atoms with van der Waals surface area (Å²) in [6.45, 7) is 9.16. The fraction of sp³-hybridized carbons (Fsp3) is 0.588. The van der Waals surface area contributed by atoms with Crippen LogP contribution in [0.4, 0.5) is 0 Å². The molecule has 1 aliphatic rings. The summed E-state index contributed by atoms with van der Waals surface area (Å²) in [6, 6.07) is 6.67. The van der Waals surface area contributed by atoms with Crippen molar-refractivity contribution in [3.05, 3.63) is 42.0 Å². The van der Waals surface area contributed by atoms with Crippen molar-refractivity contribution in [2.75, 3.05) is 13.1 Å². The van der Waals surface area contributed by atoms with Gasteiger partial charge in [0.05, 0.1) is 24.1 Å². The number of nitrogens with zero attached hydrogens (tertiary/aromatic N) is 5. The lowest BCUT2D eigenvalue weighted by molar-refractivity contribution is 0.138. The van der Waals surface area contributed by atoms with Crippen LogP contribution in [0.5, 0.6) is 0 Å². The van der Waals surface area contributed by atoms with E-state index < -0.39 is 0 Å². The monoisotopic (exact) mass is 314 g/mol. The molecule has 2 unspecified atom stereocenters. The minimum absolute atomic E-state index is 0.543. The molecule has 3 rings (SSSR count). The summed E-state index contributed by atoms with van der Waals surface area (Å²) in [4.78, 5) is 8.66. The van der Waals surface area contributed by atoms with E-state index in [4.69, 9.17) is 0 Å². The van der Waals surface area contributed by atoms with Crippen molar-refractivity contribution in [1.29, 1.82) is 0 Å². The Morgan fingerprint density at radius 2 is 2.22 bits per heavy atom. The molecule has 6 heteroatoms. The lowest BCUT2D eigenvalue weighted by atomic mass is 9.93. The van der Waals surface area contributed by atoms with E-state index in [1.165, 1.54) is 0 Å². The Bertz CT molecular complexity index is 596. The Balaban J connectivity index is 1.46. The van der Waals surface area contributed by atoms with Crippen molar-refractivity contribution >= 4 is 0 Å². The number of rotatable bonds is 6. The van der Waals surface area contributed by atoms with E-state index in [-0.39, 0.29) is 0 Å². The lowest BCUT2D eigenvalue weighted by Crippen LogP contribution is -2.47. The van der Waals surface area contributed by atoms with Crippen LogP contribution in [-0.2, 0) is 19.6 Å². The average Bonchev–Trinajstić information content (AvgIpc) is 3.03. The first-order valence-corrected chi connectivity index (χ1v) is 8.49. The van der Waals surface area contributed by atoms with Crippen LogP contribution in [0.15, 0.2) is 30.6 Å². The molecular formula is C17H26N6. The number of hydrogen-bond donors (Lipinski definition) is 1. The number of pyridine rings is 1. The summed E-state index contributed by atoms with van der Waals surface area (Å²) >= 11 is 0. The molecule has 2 aromatic rings. The third-order valence-electron chi connectivity index (χ3n) is 4.51. The van der Waals surface area contributed by atoms with Gasteiger partial charge in [-0.1, -0.05) is 13.0 Å². The minimum atomic E-state index is 0.543. The van der Waals surface area contributed by atoms with Gasteiger partial charge in [0.15, 0.2) is 0 Å². The fourth-order valence-corrected chi connectivity index (χ4v) is 3.20. The zero-order chi connectivity index (χ0) is 16.1. The Hall–Kier alpha value is -1.79. The largest absolute Gasteiger partial charge is 0.308 e. The number of nitrogens with one attached hydrogen (secondary N) is 1. The molecule has 0 aromatic carbocycles. The third-order valence-corrected chi connectivity index (χ3v) is 4.51. The Kier molecular flexibility index (Phi) is 5.35. The average molecular weight is 314 g/mol. The van der Waals surface area contributed by atoms with Gasteiger partial charge in [0.2, 0.25) is 0 Å². The number of likely N-dealkylation sites (tertiary alicyclic amines) is 1. The first-order valence-electron chi connectivity index (χ1n) is 8.49. The quantitative estimate of drug-likeness (QED) is 0.879. The smallest absolute Gasteiger partial charge is 0.0965 e. The van der Waals surface area contributed by atoms with Crippen LogP contribution in [0.3, 0.4) is 0 Å². The molecule has 1 saturated heterocycles. The van der Waals surface area contributed by atoms with Crippen LogP contribution in [-0.4, -0.2) is 44.0 Å². The van der Waals surface area contributed by atoms with E-state index in [0.717, 1.165) is 50.5 Å². The van der Waals surface area contributed by atoms with Crippen molar-refractivity contribution in [1.82, 2.24) is 30.2 Å². The molecule has 2 aromatic heterocycles. The molecule has 2 atom stereocenters. The molecule has 6 nitrogen and oxygen atoms in total. The van der Waals surface area contributed by atoms with Crippen LogP contribution < -0.4 is 5.32 Å². The molecule has 23 heavy (non-hydrogen) atoms. The van der Waals surface area contributed by atoms with Crippen LogP contribution in [0.2, 0.25) is 0 Å². The van der Waals surface area contributed by atoms with Crippen molar-refractivity contribution in [2.45, 2.75) is 45.9 Å². The van der Waals surface area contributed by atoms with Gasteiger partial charge in [-0.3, -0.25) is 9.88 Å². The van der Waals surface area contributed by atoms with Crippen molar-refractivity contribution in [2.24, 2.45) is 5.92 Å². The maximum absolute atomic E-state index is 4.43. The topological polar surface area (TPSA) is 58.9 Å². The van der Waals surface area contributed by atoms with Gasteiger partial charge in [0.1, 0.15) is 0 Å². The van der Waals surface area contributed by atoms with Crippen molar-refractivity contribution in [3.8, 4) is 0 Å². The number of piperidine rings is 1. The summed E-state index contributed by atoms with van der Waals surface area (Å²) in [6.07, 6.45) is 4.89. The maximum atomic E-state index is 4.43. The first kappa shape index (κ1) is 16.1. The second-order valence-electron chi connectivity index (χ2n) is 6.33. The zero-order valence-corrected chi connectivity index (χ0v) is 14.0. The molecule has 3 heterocycles. The summed E-state index contributed by atoms with van der Waals surface area (Å²) in [5.41, 5.74) is 2.18. The van der Waals surface area contributed by atoms with Gasteiger partial charge in [0.25, 0.3) is 0 Å². The molecule has 0 spiro atoms. The number of aryl methyl sites for hydroxylation is 1. The Morgan fingerprint density at radius 3 is 2.91 bits per heavy atom. The van der Waals surface area contributed by atoms with Gasteiger partial charge in [-0.15, -0.1) is 0 Å². The Morgan fingerprint density at radius 1 is 1.30 bits per heavy atom. The van der Waals surface area contributed by atoms with E-state index >= 15 is 0 Å². The van der Waals surface area contributed by atoms with Gasteiger partial charge < -0.3 is 5.32 Å². The van der Waals surface area contributed by atoms with Crippen LogP contribution >= 0.6 is 0 Å². The first-order chi connectivity index (χ1) is 11.2. The second-order valence-corrected chi connectivity index (χ2v) is 6.33. The normalized spacial score (nSPS) is 22.3. The standard InChI is InChI=1S/C17H26N6/c1-3-23-20-11-16(21-23)10-19-17-7-9-22(12-14(17)2)13-15-6-4-5-8-18-15/h4-6,8,11,14,17,19H,3,7,9-10,12-13H2,1-2H3. The zero-order valence-electron chi connectivity index (χ0n) is 14.0. The van der Waals surface area contributed by atoms with Gasteiger partial charge in [-0.2, -0.15) is 15.0 Å². The maximum Gasteiger partial charge on any atom is 0.0965 e. The predicted molar refractivity (Wildman–Crippen MR) is 89.6 cm³/mol. The molecule has 0 radical (unpaired) electrons. The highest BCUT2D eigenvalue weighted by Crippen LogP contribution is 2.18. The SMILES string of the molecule is CCn1ncc(CNC2CCN(Cc3ccccn3)CC2C)n1. The van der Waals surface area contributed by atoms with E-state index in [1.807, 2.05) is 18.5 Å². The van der Waals surface area contributed by atoms with E-state index in [2.05, 4.69) is 51.4 Å². The molecule has 124 valence electrons. The van der Waals surface area contributed by atoms with E-state index in [9.17, 15) is 0 Å².